The molecule has 0 saturated heterocycles. The van der Waals surface area contributed by atoms with E-state index in [1.807, 2.05) is 18.2 Å². The van der Waals surface area contributed by atoms with E-state index < -0.39 is 0 Å². The lowest BCUT2D eigenvalue weighted by Crippen LogP contribution is -2.43. The van der Waals surface area contributed by atoms with Crippen molar-refractivity contribution >= 4 is 32.6 Å². The molecule has 2 unspecified atom stereocenters. The van der Waals surface area contributed by atoms with E-state index in [0.29, 0.717) is 11.3 Å². The van der Waals surface area contributed by atoms with Crippen molar-refractivity contribution in [3.8, 4) is 5.69 Å². The quantitative estimate of drug-likeness (QED) is 0.511. The van der Waals surface area contributed by atoms with Crippen molar-refractivity contribution in [2.24, 2.45) is 0 Å². The van der Waals surface area contributed by atoms with Gasteiger partial charge in [-0.2, -0.15) is 5.10 Å². The number of carbonyl (C=O) groups is 1. The summed E-state index contributed by atoms with van der Waals surface area (Å²) in [6, 6.07) is 12.0. The van der Waals surface area contributed by atoms with Crippen molar-refractivity contribution in [1.82, 2.24) is 25.1 Å². The van der Waals surface area contributed by atoms with E-state index in [0.717, 1.165) is 34.6 Å². The Balaban J connectivity index is 1.33. The highest BCUT2D eigenvalue weighted by Gasteiger charge is 2.30. The number of hydrogen-bond acceptors (Lipinski definition) is 6. The number of nitrogens with zero attached hydrogens (tertiary/aromatic N) is 4. The fourth-order valence-corrected chi connectivity index (χ4v) is 4.82. The second-order valence-electron chi connectivity index (χ2n) is 7.25. The Morgan fingerprint density at radius 3 is 2.90 bits per heavy atom. The van der Waals surface area contributed by atoms with E-state index in [-0.39, 0.29) is 23.8 Å². The molecule has 2 aromatic heterocycles. The zero-order valence-corrected chi connectivity index (χ0v) is 16.8. The van der Waals surface area contributed by atoms with Gasteiger partial charge >= 0.3 is 0 Å². The van der Waals surface area contributed by atoms with Crippen LogP contribution in [0.3, 0.4) is 0 Å². The number of thiazole rings is 1. The highest BCUT2D eigenvalue weighted by molar-refractivity contribution is 7.22. The minimum absolute atomic E-state index is 0.0231. The summed E-state index contributed by atoms with van der Waals surface area (Å²) in [5.74, 6) is -0.416. The third kappa shape index (κ3) is 3.63. The molecule has 1 aliphatic rings. The minimum Gasteiger partial charge on any atom is -0.357 e. The zero-order valence-electron chi connectivity index (χ0n) is 16.0. The average molecular weight is 422 g/mol. The number of anilines is 1. The van der Waals surface area contributed by atoms with Crippen molar-refractivity contribution in [1.29, 1.82) is 0 Å². The van der Waals surface area contributed by atoms with Gasteiger partial charge in [0.2, 0.25) is 0 Å². The van der Waals surface area contributed by atoms with Gasteiger partial charge < -0.3 is 10.6 Å². The Kier molecular flexibility index (Phi) is 4.88. The Morgan fingerprint density at radius 2 is 2.03 bits per heavy atom. The zero-order chi connectivity index (χ0) is 20.5. The molecule has 2 heterocycles. The van der Waals surface area contributed by atoms with Crippen molar-refractivity contribution < 1.29 is 9.18 Å². The summed E-state index contributed by atoms with van der Waals surface area (Å²) in [6.07, 6.45) is 5.83. The van der Waals surface area contributed by atoms with Crippen molar-refractivity contribution in [3.63, 3.8) is 0 Å². The largest absolute Gasteiger partial charge is 0.357 e. The minimum atomic E-state index is -0.269. The number of halogens is 1. The van der Waals surface area contributed by atoms with Gasteiger partial charge in [0.15, 0.2) is 5.13 Å². The summed E-state index contributed by atoms with van der Waals surface area (Å²) in [5.41, 5.74) is 2.00. The van der Waals surface area contributed by atoms with Crippen molar-refractivity contribution in [2.45, 2.75) is 31.3 Å². The molecule has 5 rings (SSSR count). The van der Waals surface area contributed by atoms with Gasteiger partial charge in [-0.15, -0.1) is 0 Å². The van der Waals surface area contributed by atoms with Gasteiger partial charge in [0.25, 0.3) is 5.91 Å². The first-order valence-electron chi connectivity index (χ1n) is 9.75. The van der Waals surface area contributed by atoms with Crippen LogP contribution in [-0.2, 0) is 0 Å². The van der Waals surface area contributed by atoms with E-state index in [2.05, 4.69) is 25.7 Å². The van der Waals surface area contributed by atoms with Gasteiger partial charge in [-0.25, -0.2) is 19.0 Å². The number of nitrogens with one attached hydrogen (secondary N) is 2. The SMILES string of the molecule is O=C(NC1CCCC1Nc1nc2ccc(F)cc2s1)c1ccccc1-n1cncn1. The molecule has 2 aromatic carbocycles. The Morgan fingerprint density at radius 1 is 1.17 bits per heavy atom. The molecule has 7 nitrogen and oxygen atoms in total. The molecular formula is C21H19FN6OS. The number of fused-ring (bicyclic) bond motifs is 1. The summed E-state index contributed by atoms with van der Waals surface area (Å²) in [6.45, 7) is 0. The summed E-state index contributed by atoms with van der Waals surface area (Å²) < 4.78 is 15.8. The number of rotatable bonds is 5. The Labute approximate surface area is 176 Å². The van der Waals surface area contributed by atoms with E-state index in [1.54, 1.807) is 23.1 Å². The maximum Gasteiger partial charge on any atom is 0.253 e. The lowest BCUT2D eigenvalue weighted by atomic mass is 10.1. The average Bonchev–Trinajstić information content (AvgIpc) is 3.49. The predicted octanol–water partition coefficient (Wildman–Crippen LogP) is 3.78. The van der Waals surface area contributed by atoms with Crippen LogP contribution in [0.25, 0.3) is 15.9 Å². The van der Waals surface area contributed by atoms with Crippen molar-refractivity contribution in [3.05, 3.63) is 66.5 Å². The Bertz CT molecular complexity index is 1190. The molecule has 30 heavy (non-hydrogen) atoms. The highest BCUT2D eigenvalue weighted by Crippen LogP contribution is 2.30. The van der Waals surface area contributed by atoms with Gasteiger partial charge in [0.05, 0.1) is 21.5 Å². The van der Waals surface area contributed by atoms with Gasteiger partial charge in [-0.1, -0.05) is 23.5 Å². The maximum absolute atomic E-state index is 13.5. The third-order valence-electron chi connectivity index (χ3n) is 5.31. The molecule has 1 saturated carbocycles. The van der Waals surface area contributed by atoms with Crippen LogP contribution in [-0.4, -0.2) is 37.7 Å². The van der Waals surface area contributed by atoms with Crippen LogP contribution < -0.4 is 10.6 Å². The van der Waals surface area contributed by atoms with Gasteiger partial charge in [-0.3, -0.25) is 4.79 Å². The Hall–Kier alpha value is -3.33. The summed E-state index contributed by atoms with van der Waals surface area (Å²) in [7, 11) is 0. The van der Waals surface area contributed by atoms with Crippen LogP contribution in [0.5, 0.6) is 0 Å². The van der Waals surface area contributed by atoms with Crippen LogP contribution in [0.1, 0.15) is 29.6 Å². The first-order valence-corrected chi connectivity index (χ1v) is 10.6. The lowest BCUT2D eigenvalue weighted by Gasteiger charge is -2.22. The molecule has 2 N–H and O–H groups in total. The molecule has 0 aliphatic heterocycles. The number of carbonyl (C=O) groups excluding carboxylic acids is 1. The summed E-state index contributed by atoms with van der Waals surface area (Å²) in [5, 5.41) is 11.5. The lowest BCUT2D eigenvalue weighted by molar-refractivity contribution is 0.0935. The predicted molar refractivity (Wildman–Crippen MR) is 113 cm³/mol. The van der Waals surface area contributed by atoms with E-state index in [4.69, 9.17) is 0 Å². The number of amides is 1. The molecule has 152 valence electrons. The summed E-state index contributed by atoms with van der Waals surface area (Å²) >= 11 is 1.42. The molecule has 1 amide bonds. The normalized spacial score (nSPS) is 18.6. The molecule has 2 atom stereocenters. The molecular weight excluding hydrogens is 403 g/mol. The van der Waals surface area contributed by atoms with Gasteiger partial charge in [0, 0.05) is 12.1 Å². The topological polar surface area (TPSA) is 84.7 Å². The fraction of sp³-hybridized carbons (Fsp3) is 0.238. The van der Waals surface area contributed by atoms with E-state index >= 15 is 0 Å². The van der Waals surface area contributed by atoms with Crippen LogP contribution in [0.15, 0.2) is 55.1 Å². The standard InChI is InChI=1S/C21H19FN6OS/c22-13-8-9-17-19(10-13)30-21(27-17)26-16-6-3-5-15(16)25-20(29)14-4-1-2-7-18(14)28-12-23-11-24-28/h1-2,4,7-12,15-16H,3,5-6H2,(H,25,29)(H,26,27). The van der Waals surface area contributed by atoms with Crippen LogP contribution in [0.2, 0.25) is 0 Å². The number of benzene rings is 2. The molecule has 9 heteroatoms. The fourth-order valence-electron chi connectivity index (χ4n) is 3.87. The number of aromatic nitrogens is 4. The summed E-state index contributed by atoms with van der Waals surface area (Å²) in [4.78, 5) is 21.5. The molecule has 1 aliphatic carbocycles. The number of hydrogen-bond donors (Lipinski definition) is 2. The van der Waals surface area contributed by atoms with Gasteiger partial charge in [0.1, 0.15) is 18.5 Å². The maximum atomic E-state index is 13.5. The van der Waals surface area contributed by atoms with E-state index in [9.17, 15) is 9.18 Å². The van der Waals surface area contributed by atoms with E-state index in [1.165, 1.54) is 29.8 Å². The third-order valence-corrected chi connectivity index (χ3v) is 6.26. The first kappa shape index (κ1) is 18.7. The monoisotopic (exact) mass is 422 g/mol. The van der Waals surface area contributed by atoms with Crippen LogP contribution in [0, 0.1) is 5.82 Å². The van der Waals surface area contributed by atoms with Crippen LogP contribution in [0.4, 0.5) is 9.52 Å². The first-order chi connectivity index (χ1) is 14.7. The van der Waals surface area contributed by atoms with Gasteiger partial charge in [-0.05, 0) is 49.6 Å². The van der Waals surface area contributed by atoms with Crippen LogP contribution >= 0.6 is 11.3 Å². The second kappa shape index (κ2) is 7.83. The van der Waals surface area contributed by atoms with Crippen molar-refractivity contribution in [2.75, 3.05) is 5.32 Å². The molecule has 0 radical (unpaired) electrons. The smallest absolute Gasteiger partial charge is 0.253 e. The number of para-hydroxylation sites is 1. The highest BCUT2D eigenvalue weighted by atomic mass is 32.1. The molecule has 4 aromatic rings. The molecule has 0 bridgehead atoms. The molecule has 1 fully saturated rings. The second-order valence-corrected chi connectivity index (χ2v) is 8.28. The molecule has 0 spiro atoms.